The zero-order valence-corrected chi connectivity index (χ0v) is 14.2. The fourth-order valence-electron chi connectivity index (χ4n) is 2.21. The van der Waals surface area contributed by atoms with E-state index in [0.29, 0.717) is 25.1 Å². The van der Waals surface area contributed by atoms with Crippen LogP contribution in [0.2, 0.25) is 0 Å². The molecule has 1 amide bonds. The fourth-order valence-corrected chi connectivity index (χ4v) is 2.21. The number of rotatable bonds is 7. The summed E-state index contributed by atoms with van der Waals surface area (Å²) >= 11 is 0. The third kappa shape index (κ3) is 5.49. The largest absolute Gasteiger partial charge is 0.508 e. The number of phenolic OH excluding ortho intramolecular Hbond substituents is 2. The van der Waals surface area contributed by atoms with Crippen molar-refractivity contribution < 1.29 is 15.0 Å². The number of phenols is 2. The van der Waals surface area contributed by atoms with E-state index < -0.39 is 0 Å². The maximum Gasteiger partial charge on any atom is 0.246 e. The van der Waals surface area contributed by atoms with Gasteiger partial charge in [-0.15, -0.1) is 0 Å². The first kappa shape index (κ1) is 18.3. The van der Waals surface area contributed by atoms with Crippen molar-refractivity contribution in [2.24, 2.45) is 4.99 Å². The first-order valence-electron chi connectivity index (χ1n) is 8.04. The monoisotopic (exact) mass is 338 g/mol. The van der Waals surface area contributed by atoms with Crippen molar-refractivity contribution in [1.82, 2.24) is 5.32 Å². The average molecular weight is 338 g/mol. The van der Waals surface area contributed by atoms with Gasteiger partial charge in [0, 0.05) is 29.8 Å². The summed E-state index contributed by atoms with van der Waals surface area (Å²) in [6.45, 7) is 6.32. The van der Waals surface area contributed by atoms with Crippen LogP contribution in [0.25, 0.3) is 0 Å². The van der Waals surface area contributed by atoms with Crippen molar-refractivity contribution in [3.63, 3.8) is 0 Å². The van der Waals surface area contributed by atoms with Gasteiger partial charge in [-0.2, -0.15) is 0 Å². The Labute approximate surface area is 147 Å². The van der Waals surface area contributed by atoms with Gasteiger partial charge in [0.05, 0.1) is 5.71 Å². The van der Waals surface area contributed by atoms with Crippen molar-refractivity contribution in [2.45, 2.75) is 13.3 Å². The van der Waals surface area contributed by atoms with Crippen LogP contribution in [-0.4, -0.2) is 34.9 Å². The highest BCUT2D eigenvalue weighted by molar-refractivity contribution is 6.13. The van der Waals surface area contributed by atoms with Gasteiger partial charge >= 0.3 is 0 Å². The molecule has 2 aromatic carbocycles. The van der Waals surface area contributed by atoms with Crippen LogP contribution in [0.15, 0.2) is 65.7 Å². The topological polar surface area (TPSA) is 81.9 Å². The molecule has 0 unspecified atom stereocenters. The number of benzene rings is 2. The van der Waals surface area contributed by atoms with Crippen LogP contribution >= 0.6 is 0 Å². The van der Waals surface area contributed by atoms with E-state index >= 15 is 0 Å². The second kappa shape index (κ2) is 8.68. The molecule has 0 aliphatic rings. The lowest BCUT2D eigenvalue weighted by atomic mass is 10.0. The molecular weight excluding hydrogens is 316 g/mol. The number of aliphatic imine (C=N–C) groups is 1. The van der Waals surface area contributed by atoms with Gasteiger partial charge in [0.1, 0.15) is 11.5 Å². The molecule has 5 heteroatoms. The predicted molar refractivity (Wildman–Crippen MR) is 99.2 cm³/mol. The maximum absolute atomic E-state index is 11.5. The lowest BCUT2D eigenvalue weighted by Gasteiger charge is -2.09. The number of amides is 1. The summed E-state index contributed by atoms with van der Waals surface area (Å²) in [5.74, 6) is 0.230. The number of hydrogen-bond acceptors (Lipinski definition) is 4. The second-order valence-corrected chi connectivity index (χ2v) is 5.71. The Morgan fingerprint density at radius 3 is 1.92 bits per heavy atom. The van der Waals surface area contributed by atoms with Gasteiger partial charge in [-0.3, -0.25) is 9.79 Å². The predicted octanol–water partition coefficient (Wildman–Crippen LogP) is 3.02. The minimum absolute atomic E-state index is 0.152. The van der Waals surface area contributed by atoms with Crippen LogP contribution in [0.5, 0.6) is 11.5 Å². The molecule has 5 nitrogen and oxygen atoms in total. The van der Waals surface area contributed by atoms with Crippen LogP contribution in [0, 0.1) is 0 Å². The normalized spacial score (nSPS) is 10.1. The third-order valence-electron chi connectivity index (χ3n) is 3.56. The van der Waals surface area contributed by atoms with Gasteiger partial charge in [-0.05, 0) is 61.9 Å². The molecule has 0 aromatic heterocycles. The van der Waals surface area contributed by atoms with Crippen LogP contribution in [0.1, 0.15) is 24.5 Å². The highest BCUT2D eigenvalue weighted by Gasteiger charge is 2.07. The summed E-state index contributed by atoms with van der Waals surface area (Å²) in [6, 6.07) is 13.6. The molecule has 2 rings (SSSR count). The van der Waals surface area contributed by atoms with E-state index in [1.165, 1.54) is 0 Å². The standard InChI is InChI=1S/C20H22N2O3/c1-14(2)20(25)22-13-3-12-21-19(15-4-8-17(23)9-5-15)16-6-10-18(24)11-7-16/h4-11,23-24H,1,3,12-13H2,2H3,(H,22,25). The van der Waals surface area contributed by atoms with E-state index in [4.69, 9.17) is 0 Å². The molecule has 0 saturated heterocycles. The zero-order chi connectivity index (χ0) is 18.2. The van der Waals surface area contributed by atoms with E-state index in [0.717, 1.165) is 16.8 Å². The molecule has 0 aliphatic carbocycles. The van der Waals surface area contributed by atoms with Crippen molar-refractivity contribution in [3.05, 3.63) is 71.8 Å². The van der Waals surface area contributed by atoms with Gasteiger partial charge < -0.3 is 15.5 Å². The van der Waals surface area contributed by atoms with E-state index in [1.54, 1.807) is 55.5 Å². The number of carbonyl (C=O) groups excluding carboxylic acids is 1. The van der Waals surface area contributed by atoms with Crippen LogP contribution in [-0.2, 0) is 4.79 Å². The number of nitrogens with zero attached hydrogens (tertiary/aromatic N) is 1. The second-order valence-electron chi connectivity index (χ2n) is 5.71. The minimum atomic E-state index is -0.152. The van der Waals surface area contributed by atoms with Crippen molar-refractivity contribution in [3.8, 4) is 11.5 Å². The van der Waals surface area contributed by atoms with Gasteiger partial charge in [-0.25, -0.2) is 0 Å². The molecule has 0 spiro atoms. The molecular formula is C20H22N2O3. The number of nitrogens with one attached hydrogen (secondary N) is 1. The van der Waals surface area contributed by atoms with E-state index in [-0.39, 0.29) is 17.4 Å². The number of hydrogen-bond donors (Lipinski definition) is 3. The summed E-state index contributed by atoms with van der Waals surface area (Å²) in [5, 5.41) is 21.7. The lowest BCUT2D eigenvalue weighted by Crippen LogP contribution is -2.25. The Kier molecular flexibility index (Phi) is 6.34. The number of aromatic hydroxyl groups is 2. The van der Waals surface area contributed by atoms with E-state index in [9.17, 15) is 15.0 Å². The number of carbonyl (C=O) groups is 1. The molecule has 0 aliphatic heterocycles. The minimum Gasteiger partial charge on any atom is -0.508 e. The van der Waals surface area contributed by atoms with E-state index in [2.05, 4.69) is 16.9 Å². The van der Waals surface area contributed by atoms with Crippen LogP contribution < -0.4 is 5.32 Å². The Hall–Kier alpha value is -3.08. The van der Waals surface area contributed by atoms with Crippen LogP contribution in [0.3, 0.4) is 0 Å². The molecule has 0 radical (unpaired) electrons. The molecule has 0 fully saturated rings. The highest BCUT2D eigenvalue weighted by atomic mass is 16.3. The maximum atomic E-state index is 11.5. The first-order chi connectivity index (χ1) is 12.0. The average Bonchev–Trinajstić information content (AvgIpc) is 2.60. The Morgan fingerprint density at radius 1 is 1.00 bits per heavy atom. The Morgan fingerprint density at radius 2 is 1.48 bits per heavy atom. The summed E-state index contributed by atoms with van der Waals surface area (Å²) in [6.07, 6.45) is 0.693. The van der Waals surface area contributed by atoms with Crippen molar-refractivity contribution >= 4 is 11.6 Å². The third-order valence-corrected chi connectivity index (χ3v) is 3.56. The summed E-state index contributed by atoms with van der Waals surface area (Å²) < 4.78 is 0. The zero-order valence-electron chi connectivity index (χ0n) is 14.2. The smallest absolute Gasteiger partial charge is 0.246 e. The van der Waals surface area contributed by atoms with Crippen molar-refractivity contribution in [2.75, 3.05) is 13.1 Å². The molecule has 0 heterocycles. The molecule has 25 heavy (non-hydrogen) atoms. The van der Waals surface area contributed by atoms with Gasteiger partial charge in [0.15, 0.2) is 0 Å². The lowest BCUT2D eigenvalue weighted by molar-refractivity contribution is -0.117. The SMILES string of the molecule is C=C(C)C(=O)NCCCN=C(c1ccc(O)cc1)c1ccc(O)cc1. The highest BCUT2D eigenvalue weighted by Crippen LogP contribution is 2.17. The van der Waals surface area contributed by atoms with Crippen molar-refractivity contribution in [1.29, 1.82) is 0 Å². The summed E-state index contributed by atoms with van der Waals surface area (Å²) in [7, 11) is 0. The van der Waals surface area contributed by atoms with Gasteiger partial charge in [0.25, 0.3) is 0 Å². The molecule has 2 aromatic rings. The van der Waals surface area contributed by atoms with Gasteiger partial charge in [0.2, 0.25) is 5.91 Å². The Balaban J connectivity index is 2.11. The molecule has 130 valence electrons. The fraction of sp³-hybridized carbons (Fsp3) is 0.200. The summed E-state index contributed by atoms with van der Waals surface area (Å²) in [5.41, 5.74) is 2.99. The van der Waals surface area contributed by atoms with Crippen LogP contribution in [0.4, 0.5) is 0 Å². The molecule has 0 saturated carbocycles. The van der Waals surface area contributed by atoms with E-state index in [1.807, 2.05) is 0 Å². The Bertz CT molecular complexity index is 715. The van der Waals surface area contributed by atoms with Gasteiger partial charge in [-0.1, -0.05) is 6.58 Å². The quantitative estimate of drug-likeness (QED) is 0.412. The molecule has 0 atom stereocenters. The molecule has 3 N–H and O–H groups in total. The molecule has 0 bridgehead atoms. The summed E-state index contributed by atoms with van der Waals surface area (Å²) in [4.78, 5) is 16.1. The first-order valence-corrected chi connectivity index (χ1v) is 8.04.